The molecular weight excluding hydrogens is 368 g/mol. The lowest BCUT2D eigenvalue weighted by Gasteiger charge is -2.23. The van der Waals surface area contributed by atoms with Crippen molar-refractivity contribution in [2.75, 3.05) is 19.8 Å². The Bertz CT molecular complexity index is 589. The van der Waals surface area contributed by atoms with E-state index in [0.717, 1.165) is 19.1 Å². The fourth-order valence-electron chi connectivity index (χ4n) is 3.11. The first-order valence-electron chi connectivity index (χ1n) is 10.4. The van der Waals surface area contributed by atoms with Crippen LogP contribution >= 0.6 is 0 Å². The van der Waals surface area contributed by atoms with Gasteiger partial charge in [-0.15, -0.1) is 13.2 Å². The fraction of sp³-hybridized carbons (Fsp3) is 0.522. The Hall–Kier alpha value is -1.69. The molecule has 0 fully saturated rings. The molecule has 0 aliphatic rings. The molecule has 1 atom stereocenters. The lowest BCUT2D eigenvalue weighted by Crippen LogP contribution is -2.43. The molecule has 4 nitrogen and oxygen atoms in total. The van der Waals surface area contributed by atoms with E-state index < -0.39 is 14.0 Å². The zero-order chi connectivity index (χ0) is 20.8. The quantitative estimate of drug-likeness (QED) is 0.176. The summed E-state index contributed by atoms with van der Waals surface area (Å²) in [4.78, 5) is 22.0. The summed E-state index contributed by atoms with van der Waals surface area (Å²) in [6.45, 7) is 15.8. The molecule has 1 aromatic rings. The van der Waals surface area contributed by atoms with E-state index in [1.807, 2.05) is 23.5 Å². The van der Waals surface area contributed by atoms with E-state index in [1.54, 1.807) is 12.1 Å². The molecule has 5 heteroatoms. The van der Waals surface area contributed by atoms with Gasteiger partial charge in [-0.25, -0.2) is 4.79 Å². The molecule has 0 amide bonds. The summed E-state index contributed by atoms with van der Waals surface area (Å²) in [6, 6.07) is 8.44. The molecule has 1 unspecified atom stereocenters. The second kappa shape index (κ2) is 13.5. The molecule has 0 radical (unpaired) electrons. The minimum Gasteiger partial charge on any atom is -0.379 e. The van der Waals surface area contributed by atoms with Gasteiger partial charge in [-0.3, -0.25) is 4.89 Å². The Morgan fingerprint density at radius 2 is 1.79 bits per heavy atom. The van der Waals surface area contributed by atoms with Gasteiger partial charge in [0, 0.05) is 6.61 Å². The smallest absolute Gasteiger partial charge is 0.373 e. The van der Waals surface area contributed by atoms with E-state index in [-0.39, 0.29) is 6.61 Å². The molecule has 0 heterocycles. The molecule has 0 N–H and O–H groups in total. The minimum absolute atomic E-state index is 0.229. The van der Waals surface area contributed by atoms with Gasteiger partial charge in [-0.1, -0.05) is 68.8 Å². The van der Waals surface area contributed by atoms with Crippen molar-refractivity contribution >= 4 is 19.2 Å². The Kier molecular flexibility index (Phi) is 11.7. The third-order valence-corrected chi connectivity index (χ3v) is 9.35. The zero-order valence-electron chi connectivity index (χ0n) is 17.7. The molecule has 0 bridgehead atoms. The molecule has 0 aliphatic heterocycles. The van der Waals surface area contributed by atoms with Crippen LogP contribution in [0.2, 0.25) is 6.04 Å². The average molecular weight is 405 g/mol. The summed E-state index contributed by atoms with van der Waals surface area (Å²) in [5.41, 5.74) is 4.49. The van der Waals surface area contributed by atoms with Crippen LogP contribution in [0, 0.1) is 5.92 Å². The van der Waals surface area contributed by atoms with Crippen LogP contribution in [0.5, 0.6) is 0 Å². The van der Waals surface area contributed by atoms with Gasteiger partial charge < -0.3 is 4.74 Å². The highest BCUT2D eigenvalue weighted by atomic mass is 28.3. The van der Waals surface area contributed by atoms with Crippen molar-refractivity contribution in [3.05, 3.63) is 54.4 Å². The van der Waals surface area contributed by atoms with E-state index in [4.69, 9.17) is 14.5 Å². The van der Waals surface area contributed by atoms with Crippen molar-refractivity contribution in [3.8, 4) is 0 Å². The third kappa shape index (κ3) is 7.38. The predicted octanol–water partition coefficient (Wildman–Crippen LogP) is 5.13. The summed E-state index contributed by atoms with van der Waals surface area (Å²) >= 11 is 0. The number of carbonyl (C=O) groups is 1. The van der Waals surface area contributed by atoms with Crippen molar-refractivity contribution in [2.24, 2.45) is 5.92 Å². The number of ether oxygens (including phenoxy) is 1. The van der Waals surface area contributed by atoms with Gasteiger partial charge in [0.25, 0.3) is 0 Å². The van der Waals surface area contributed by atoms with Crippen molar-refractivity contribution in [3.63, 3.8) is 0 Å². The molecule has 156 valence electrons. The second-order valence-corrected chi connectivity index (χ2v) is 11.2. The number of unbranched alkanes of at least 4 members (excludes halogenated alkanes) is 1. The lowest BCUT2D eigenvalue weighted by molar-refractivity contribution is -0.247. The number of rotatable bonds is 15. The standard InChI is InChI=1S/C23H36O4Si/c1-6-11-12-20(7-2)19-25-17-18-26-27-23(24)21-13-15-22(16-14-21)28(8-3,9-4)10-5/h8-9,13-16,20H,3-4,6-7,10-12,17-19H2,1-2,5H3. The van der Waals surface area contributed by atoms with Gasteiger partial charge in [0.15, 0.2) is 0 Å². The van der Waals surface area contributed by atoms with Crippen LogP contribution in [0.25, 0.3) is 0 Å². The molecule has 1 aromatic carbocycles. The van der Waals surface area contributed by atoms with Crippen LogP contribution in [0.4, 0.5) is 0 Å². The number of hydrogen-bond acceptors (Lipinski definition) is 4. The summed E-state index contributed by atoms with van der Waals surface area (Å²) in [5, 5.41) is 1.18. The normalized spacial score (nSPS) is 12.4. The van der Waals surface area contributed by atoms with Crippen LogP contribution in [0.3, 0.4) is 0 Å². The Balaban J connectivity index is 2.38. The maximum Gasteiger partial charge on any atom is 0.373 e. The van der Waals surface area contributed by atoms with Gasteiger partial charge >= 0.3 is 5.97 Å². The van der Waals surface area contributed by atoms with Crippen LogP contribution in [0.1, 0.15) is 56.8 Å². The van der Waals surface area contributed by atoms with Crippen molar-refractivity contribution in [1.82, 2.24) is 0 Å². The minimum atomic E-state index is -1.89. The van der Waals surface area contributed by atoms with Crippen LogP contribution in [-0.2, 0) is 14.5 Å². The first-order chi connectivity index (χ1) is 13.6. The summed E-state index contributed by atoms with van der Waals surface area (Å²) < 4.78 is 5.63. The maximum atomic E-state index is 12.1. The molecule has 1 rings (SSSR count). The molecule has 0 aromatic heterocycles. The summed E-state index contributed by atoms with van der Waals surface area (Å²) in [5.74, 6) is 0.0906. The van der Waals surface area contributed by atoms with E-state index in [2.05, 4.69) is 33.9 Å². The van der Waals surface area contributed by atoms with Gasteiger partial charge in [0.05, 0.1) is 12.2 Å². The predicted molar refractivity (Wildman–Crippen MR) is 118 cm³/mol. The largest absolute Gasteiger partial charge is 0.379 e. The number of carbonyl (C=O) groups excluding carboxylic acids is 1. The lowest BCUT2D eigenvalue weighted by atomic mass is 10.0. The topological polar surface area (TPSA) is 44.8 Å². The molecule has 28 heavy (non-hydrogen) atoms. The van der Waals surface area contributed by atoms with E-state index in [1.165, 1.54) is 24.4 Å². The summed E-state index contributed by atoms with van der Waals surface area (Å²) in [7, 11) is -1.89. The third-order valence-electron chi connectivity index (χ3n) is 5.31. The fourth-order valence-corrected chi connectivity index (χ4v) is 5.52. The van der Waals surface area contributed by atoms with Crippen molar-refractivity contribution < 1.29 is 19.3 Å². The van der Waals surface area contributed by atoms with E-state index in [9.17, 15) is 4.79 Å². The SMILES string of the molecule is C=C[Si](C=C)(CC)c1ccc(C(=O)OOCCOCC(CC)CCCC)cc1. The van der Waals surface area contributed by atoms with Gasteiger partial charge in [0.1, 0.15) is 14.7 Å². The number of hydrogen-bond donors (Lipinski definition) is 0. The van der Waals surface area contributed by atoms with Crippen molar-refractivity contribution in [2.45, 2.75) is 52.5 Å². The van der Waals surface area contributed by atoms with Crippen molar-refractivity contribution in [1.29, 1.82) is 0 Å². The first-order valence-corrected chi connectivity index (χ1v) is 12.7. The highest BCUT2D eigenvalue weighted by Gasteiger charge is 2.26. The summed E-state index contributed by atoms with van der Waals surface area (Å²) in [6.07, 6.45) is 4.75. The zero-order valence-corrected chi connectivity index (χ0v) is 18.7. The second-order valence-electron chi connectivity index (χ2n) is 7.06. The number of benzene rings is 1. The Morgan fingerprint density at radius 3 is 2.32 bits per heavy atom. The highest BCUT2D eigenvalue weighted by Crippen LogP contribution is 2.14. The van der Waals surface area contributed by atoms with E-state index >= 15 is 0 Å². The molecular formula is C23H36O4Si. The maximum absolute atomic E-state index is 12.1. The van der Waals surface area contributed by atoms with Crippen LogP contribution in [0.15, 0.2) is 48.8 Å². The molecule has 0 saturated carbocycles. The van der Waals surface area contributed by atoms with Crippen LogP contribution in [-0.4, -0.2) is 33.9 Å². The van der Waals surface area contributed by atoms with Crippen LogP contribution < -0.4 is 5.19 Å². The van der Waals surface area contributed by atoms with E-state index in [0.29, 0.717) is 18.1 Å². The Morgan fingerprint density at radius 1 is 1.11 bits per heavy atom. The molecule has 0 spiro atoms. The first kappa shape index (κ1) is 24.3. The average Bonchev–Trinajstić information content (AvgIpc) is 2.74. The molecule has 0 aliphatic carbocycles. The molecule has 0 saturated heterocycles. The Labute approximate surface area is 171 Å². The highest BCUT2D eigenvalue weighted by molar-refractivity contribution is 6.99. The van der Waals surface area contributed by atoms with Gasteiger partial charge in [-0.2, -0.15) is 4.89 Å². The van der Waals surface area contributed by atoms with Gasteiger partial charge in [-0.05, 0) is 30.5 Å². The monoisotopic (exact) mass is 404 g/mol. The van der Waals surface area contributed by atoms with Gasteiger partial charge in [0.2, 0.25) is 0 Å².